The molecule has 0 amide bonds. The maximum absolute atomic E-state index is 12.9. The summed E-state index contributed by atoms with van der Waals surface area (Å²) in [6.07, 6.45) is -0.224. The molecule has 2 aromatic carbocycles. The molecular formula is C16H16FNO3S. The first-order chi connectivity index (χ1) is 10.5. The number of para-hydroxylation sites is 2. The normalized spacial score (nSPS) is 17.7. The van der Waals surface area contributed by atoms with Crippen LogP contribution in [0.15, 0.2) is 48.5 Å². The van der Waals surface area contributed by atoms with Gasteiger partial charge < -0.3 is 4.74 Å². The molecule has 0 saturated heterocycles. The number of sulfonamides is 1. The van der Waals surface area contributed by atoms with E-state index in [1.54, 1.807) is 18.2 Å². The van der Waals surface area contributed by atoms with Gasteiger partial charge in [0.2, 0.25) is 10.0 Å². The lowest BCUT2D eigenvalue weighted by molar-refractivity contribution is 0.219. The maximum Gasteiger partial charge on any atom is 0.239 e. The SMILES string of the molecule is CC1CN(S(=O)(=O)Cc2ccc(F)cc2)c2ccccc2O1. The van der Waals surface area contributed by atoms with E-state index in [1.807, 2.05) is 13.0 Å². The molecule has 2 aromatic rings. The number of rotatable bonds is 3. The average molecular weight is 321 g/mol. The fraction of sp³-hybridized carbons (Fsp3) is 0.250. The van der Waals surface area contributed by atoms with Crippen LogP contribution in [0.2, 0.25) is 0 Å². The third-order valence-electron chi connectivity index (χ3n) is 3.48. The predicted octanol–water partition coefficient (Wildman–Crippen LogP) is 2.94. The van der Waals surface area contributed by atoms with Crippen molar-refractivity contribution in [3.8, 4) is 5.75 Å². The Hall–Kier alpha value is -2.08. The lowest BCUT2D eigenvalue weighted by Crippen LogP contribution is -2.42. The van der Waals surface area contributed by atoms with Crippen LogP contribution in [-0.4, -0.2) is 21.1 Å². The number of anilines is 1. The van der Waals surface area contributed by atoms with Gasteiger partial charge in [-0.2, -0.15) is 0 Å². The van der Waals surface area contributed by atoms with Crippen LogP contribution in [0, 0.1) is 5.82 Å². The Balaban J connectivity index is 1.93. The summed E-state index contributed by atoms with van der Waals surface area (Å²) in [4.78, 5) is 0. The maximum atomic E-state index is 12.9. The van der Waals surface area contributed by atoms with E-state index in [-0.39, 0.29) is 24.2 Å². The molecule has 1 atom stereocenters. The van der Waals surface area contributed by atoms with E-state index < -0.39 is 10.0 Å². The van der Waals surface area contributed by atoms with Crippen molar-refractivity contribution in [2.45, 2.75) is 18.8 Å². The molecule has 1 aliphatic heterocycles. The van der Waals surface area contributed by atoms with E-state index in [0.717, 1.165) is 0 Å². The van der Waals surface area contributed by atoms with Crippen LogP contribution in [0.5, 0.6) is 5.75 Å². The quantitative estimate of drug-likeness (QED) is 0.873. The Bertz CT molecular complexity index is 774. The zero-order valence-electron chi connectivity index (χ0n) is 12.1. The first-order valence-corrected chi connectivity index (χ1v) is 8.57. The number of nitrogens with zero attached hydrogens (tertiary/aromatic N) is 1. The van der Waals surface area contributed by atoms with E-state index in [9.17, 15) is 12.8 Å². The van der Waals surface area contributed by atoms with E-state index in [0.29, 0.717) is 17.0 Å². The van der Waals surface area contributed by atoms with Crippen molar-refractivity contribution >= 4 is 15.7 Å². The Kier molecular flexibility index (Phi) is 3.78. The second kappa shape index (κ2) is 5.61. The molecule has 0 aromatic heterocycles. The van der Waals surface area contributed by atoms with Gasteiger partial charge in [0.25, 0.3) is 0 Å². The summed E-state index contributed by atoms with van der Waals surface area (Å²) in [6, 6.07) is 12.6. The van der Waals surface area contributed by atoms with Gasteiger partial charge in [0.1, 0.15) is 17.7 Å². The number of hydrogen-bond donors (Lipinski definition) is 0. The fourth-order valence-corrected chi connectivity index (χ4v) is 4.14. The standard InChI is InChI=1S/C16H16FNO3S/c1-12-10-18(15-4-2-3-5-16(15)21-12)22(19,20)11-13-6-8-14(17)9-7-13/h2-9,12H,10-11H2,1H3. The highest BCUT2D eigenvalue weighted by molar-refractivity contribution is 7.92. The molecule has 1 heterocycles. The Morgan fingerprint density at radius 1 is 1.18 bits per heavy atom. The van der Waals surface area contributed by atoms with Crippen molar-refractivity contribution < 1.29 is 17.5 Å². The number of benzene rings is 2. The zero-order valence-corrected chi connectivity index (χ0v) is 12.9. The minimum Gasteiger partial charge on any atom is -0.487 e. The molecule has 0 radical (unpaired) electrons. The molecule has 0 fully saturated rings. The van der Waals surface area contributed by atoms with Crippen LogP contribution < -0.4 is 9.04 Å². The summed E-state index contributed by atoms with van der Waals surface area (Å²) < 4.78 is 45.4. The third-order valence-corrected chi connectivity index (χ3v) is 5.20. The van der Waals surface area contributed by atoms with Gasteiger partial charge in [-0.3, -0.25) is 4.31 Å². The van der Waals surface area contributed by atoms with Crippen LogP contribution in [0.3, 0.4) is 0 Å². The molecule has 116 valence electrons. The molecule has 0 aliphatic carbocycles. The Labute approximate surface area is 129 Å². The highest BCUT2D eigenvalue weighted by Crippen LogP contribution is 2.35. The molecule has 0 spiro atoms. The molecule has 1 unspecified atom stereocenters. The van der Waals surface area contributed by atoms with Crippen LogP contribution in [-0.2, 0) is 15.8 Å². The minimum absolute atomic E-state index is 0.172. The third kappa shape index (κ3) is 2.92. The first-order valence-electron chi connectivity index (χ1n) is 6.96. The minimum atomic E-state index is -3.56. The molecule has 3 rings (SSSR count). The zero-order chi connectivity index (χ0) is 15.7. The average Bonchev–Trinajstić information content (AvgIpc) is 2.48. The van der Waals surface area contributed by atoms with Gasteiger partial charge in [0.05, 0.1) is 18.0 Å². The Morgan fingerprint density at radius 2 is 1.86 bits per heavy atom. The monoisotopic (exact) mass is 321 g/mol. The lowest BCUT2D eigenvalue weighted by Gasteiger charge is -2.34. The van der Waals surface area contributed by atoms with Gasteiger partial charge in [-0.05, 0) is 36.8 Å². The van der Waals surface area contributed by atoms with Crippen molar-refractivity contribution in [2.75, 3.05) is 10.8 Å². The predicted molar refractivity (Wildman–Crippen MR) is 82.9 cm³/mol. The molecule has 0 bridgehead atoms. The molecule has 22 heavy (non-hydrogen) atoms. The largest absolute Gasteiger partial charge is 0.487 e. The summed E-state index contributed by atoms with van der Waals surface area (Å²) in [5.74, 6) is 0.00403. The van der Waals surface area contributed by atoms with Gasteiger partial charge in [0.15, 0.2) is 0 Å². The lowest BCUT2D eigenvalue weighted by atomic mass is 10.2. The molecule has 6 heteroatoms. The molecule has 0 saturated carbocycles. The van der Waals surface area contributed by atoms with E-state index in [2.05, 4.69) is 0 Å². The van der Waals surface area contributed by atoms with Gasteiger partial charge in [-0.25, -0.2) is 12.8 Å². The van der Waals surface area contributed by atoms with Crippen LogP contribution >= 0.6 is 0 Å². The van der Waals surface area contributed by atoms with Crippen molar-refractivity contribution in [3.63, 3.8) is 0 Å². The second-order valence-electron chi connectivity index (χ2n) is 5.31. The fourth-order valence-electron chi connectivity index (χ4n) is 2.48. The van der Waals surface area contributed by atoms with Gasteiger partial charge in [-0.15, -0.1) is 0 Å². The van der Waals surface area contributed by atoms with Crippen LogP contribution in [0.1, 0.15) is 12.5 Å². The van der Waals surface area contributed by atoms with Crippen molar-refractivity contribution in [1.29, 1.82) is 0 Å². The van der Waals surface area contributed by atoms with Crippen LogP contribution in [0.4, 0.5) is 10.1 Å². The van der Waals surface area contributed by atoms with Crippen LogP contribution in [0.25, 0.3) is 0 Å². The van der Waals surface area contributed by atoms with E-state index >= 15 is 0 Å². The van der Waals surface area contributed by atoms with Crippen molar-refractivity contribution in [3.05, 3.63) is 59.9 Å². The topological polar surface area (TPSA) is 46.6 Å². The number of ether oxygens (including phenoxy) is 1. The summed E-state index contributed by atoms with van der Waals surface area (Å²) in [5, 5.41) is 0. The molecule has 4 nitrogen and oxygen atoms in total. The summed E-state index contributed by atoms with van der Waals surface area (Å²) in [6.45, 7) is 2.09. The summed E-state index contributed by atoms with van der Waals surface area (Å²) in [5.41, 5.74) is 1.10. The van der Waals surface area contributed by atoms with Gasteiger partial charge in [-0.1, -0.05) is 24.3 Å². The smallest absolute Gasteiger partial charge is 0.239 e. The van der Waals surface area contributed by atoms with Crippen molar-refractivity contribution in [2.24, 2.45) is 0 Å². The number of halogens is 1. The Morgan fingerprint density at radius 3 is 2.59 bits per heavy atom. The molecular weight excluding hydrogens is 305 g/mol. The second-order valence-corrected chi connectivity index (χ2v) is 7.20. The van der Waals surface area contributed by atoms with E-state index in [4.69, 9.17) is 4.74 Å². The molecule has 1 aliphatic rings. The van der Waals surface area contributed by atoms with Gasteiger partial charge >= 0.3 is 0 Å². The molecule has 0 N–H and O–H groups in total. The first kappa shape index (κ1) is 14.8. The van der Waals surface area contributed by atoms with Gasteiger partial charge in [0, 0.05) is 0 Å². The van der Waals surface area contributed by atoms with E-state index in [1.165, 1.54) is 28.6 Å². The summed E-state index contributed by atoms with van der Waals surface area (Å²) in [7, 11) is -3.56. The summed E-state index contributed by atoms with van der Waals surface area (Å²) >= 11 is 0. The highest BCUT2D eigenvalue weighted by Gasteiger charge is 2.31. The van der Waals surface area contributed by atoms with Crippen molar-refractivity contribution in [1.82, 2.24) is 0 Å². The number of fused-ring (bicyclic) bond motifs is 1. The number of hydrogen-bond acceptors (Lipinski definition) is 3. The highest BCUT2D eigenvalue weighted by atomic mass is 32.2.